The fraction of sp³-hybridized carbons (Fsp3) is 0.929. The van der Waals surface area contributed by atoms with Crippen molar-refractivity contribution in [2.24, 2.45) is 23.7 Å². The van der Waals surface area contributed by atoms with E-state index < -0.39 is 0 Å². The van der Waals surface area contributed by atoms with Gasteiger partial charge in [0.15, 0.2) is 0 Å². The van der Waals surface area contributed by atoms with Crippen molar-refractivity contribution < 1.29 is 9.53 Å². The summed E-state index contributed by atoms with van der Waals surface area (Å²) in [4.78, 5) is 11.9. The van der Waals surface area contributed by atoms with Crippen molar-refractivity contribution in [1.29, 1.82) is 0 Å². The van der Waals surface area contributed by atoms with E-state index in [1.807, 2.05) is 0 Å². The van der Waals surface area contributed by atoms with Crippen molar-refractivity contribution in [2.75, 3.05) is 6.61 Å². The molecular formula is C14H30O2Sn. The maximum absolute atomic E-state index is 11.9. The standard InChI is InChI=1S/C14H28O2.Sn.2H/c1-10(2)7-13(8-11(3)4)14(15)16-9-12(5)6;;;/h10-13H,7-9H2,1-6H3;;;. The molecule has 102 valence electrons. The van der Waals surface area contributed by atoms with Crippen molar-refractivity contribution in [1.82, 2.24) is 0 Å². The first-order valence-electron chi connectivity index (χ1n) is 6.49. The zero-order chi connectivity index (χ0) is 12.7. The van der Waals surface area contributed by atoms with E-state index in [0.717, 1.165) is 12.8 Å². The molecule has 2 radical (unpaired) electrons. The Morgan fingerprint density at radius 2 is 1.29 bits per heavy atom. The molecule has 0 heterocycles. The van der Waals surface area contributed by atoms with Crippen LogP contribution in [0.2, 0.25) is 0 Å². The molecule has 0 spiro atoms. The molecule has 0 aliphatic rings. The Morgan fingerprint density at radius 3 is 1.59 bits per heavy atom. The zero-order valence-corrected chi connectivity index (χ0v) is 16.5. The predicted octanol–water partition coefficient (Wildman–Crippen LogP) is 2.98. The number of esters is 1. The summed E-state index contributed by atoms with van der Waals surface area (Å²) in [6.45, 7) is 13.3. The van der Waals surface area contributed by atoms with Gasteiger partial charge in [-0.2, -0.15) is 0 Å². The van der Waals surface area contributed by atoms with Crippen LogP contribution in [-0.4, -0.2) is 36.5 Å². The molecule has 0 fully saturated rings. The molecule has 0 aliphatic heterocycles. The SMILES string of the molecule is CC(C)COC(=O)C(CC(C)C)CC(C)C.[SnH2]. The molecule has 0 unspecified atom stereocenters. The molecule has 0 saturated heterocycles. The third kappa shape index (κ3) is 11.1. The van der Waals surface area contributed by atoms with Crippen LogP contribution in [0.1, 0.15) is 54.4 Å². The topological polar surface area (TPSA) is 26.3 Å². The van der Waals surface area contributed by atoms with E-state index in [-0.39, 0.29) is 35.8 Å². The van der Waals surface area contributed by atoms with Gasteiger partial charge in [-0.1, -0.05) is 41.5 Å². The second-order valence-corrected chi connectivity index (χ2v) is 5.98. The van der Waals surface area contributed by atoms with Gasteiger partial charge in [0.25, 0.3) is 0 Å². The van der Waals surface area contributed by atoms with E-state index in [1.54, 1.807) is 0 Å². The average Bonchev–Trinajstić information content (AvgIpc) is 2.11. The van der Waals surface area contributed by atoms with E-state index in [2.05, 4.69) is 41.5 Å². The summed E-state index contributed by atoms with van der Waals surface area (Å²) in [5.41, 5.74) is 0. The van der Waals surface area contributed by atoms with Crippen molar-refractivity contribution >= 4 is 29.9 Å². The molecule has 0 aromatic heterocycles. The Labute approximate surface area is 124 Å². The van der Waals surface area contributed by atoms with E-state index in [9.17, 15) is 4.79 Å². The number of ether oxygens (including phenoxy) is 1. The van der Waals surface area contributed by atoms with Gasteiger partial charge in [-0.05, 0) is 30.6 Å². The third-order valence-corrected chi connectivity index (χ3v) is 2.40. The van der Waals surface area contributed by atoms with Crippen LogP contribution in [0.15, 0.2) is 0 Å². The van der Waals surface area contributed by atoms with Gasteiger partial charge in [0.1, 0.15) is 0 Å². The monoisotopic (exact) mass is 350 g/mol. The number of carbonyl (C=O) groups is 1. The van der Waals surface area contributed by atoms with Crippen molar-refractivity contribution in [2.45, 2.75) is 54.4 Å². The summed E-state index contributed by atoms with van der Waals surface area (Å²) in [7, 11) is 0. The molecule has 0 N–H and O–H groups in total. The summed E-state index contributed by atoms with van der Waals surface area (Å²) in [6.07, 6.45) is 1.88. The van der Waals surface area contributed by atoms with E-state index >= 15 is 0 Å². The van der Waals surface area contributed by atoms with Gasteiger partial charge in [0.05, 0.1) is 12.5 Å². The normalized spacial score (nSPS) is 11.2. The van der Waals surface area contributed by atoms with E-state index in [0.29, 0.717) is 24.4 Å². The van der Waals surface area contributed by atoms with Crippen LogP contribution in [0.4, 0.5) is 0 Å². The second kappa shape index (κ2) is 10.2. The minimum atomic E-state index is -0.00361. The Kier molecular flexibility index (Phi) is 11.8. The van der Waals surface area contributed by atoms with Crippen LogP contribution in [0, 0.1) is 23.7 Å². The molecule has 0 bridgehead atoms. The molecule has 0 saturated carbocycles. The van der Waals surface area contributed by atoms with Crippen molar-refractivity contribution in [3.05, 3.63) is 0 Å². The molecule has 0 aromatic carbocycles. The fourth-order valence-electron chi connectivity index (χ4n) is 1.79. The summed E-state index contributed by atoms with van der Waals surface area (Å²) in [5.74, 6) is 1.60. The average molecular weight is 349 g/mol. The summed E-state index contributed by atoms with van der Waals surface area (Å²) >= 11 is 0. The fourth-order valence-corrected chi connectivity index (χ4v) is 1.79. The first-order chi connectivity index (χ1) is 7.32. The summed E-state index contributed by atoms with van der Waals surface area (Å²) in [6, 6.07) is 0. The number of carbonyl (C=O) groups excluding carboxylic acids is 1. The van der Waals surface area contributed by atoms with Crippen LogP contribution in [0.3, 0.4) is 0 Å². The van der Waals surface area contributed by atoms with Gasteiger partial charge in [0.2, 0.25) is 0 Å². The van der Waals surface area contributed by atoms with Gasteiger partial charge in [0, 0.05) is 0 Å². The summed E-state index contributed by atoms with van der Waals surface area (Å²) < 4.78 is 5.33. The van der Waals surface area contributed by atoms with Gasteiger partial charge >= 0.3 is 29.9 Å². The van der Waals surface area contributed by atoms with Gasteiger partial charge < -0.3 is 4.74 Å². The molecular weight excluding hydrogens is 319 g/mol. The molecule has 17 heavy (non-hydrogen) atoms. The quantitative estimate of drug-likeness (QED) is 0.522. The van der Waals surface area contributed by atoms with Crippen LogP contribution < -0.4 is 0 Å². The molecule has 0 atom stereocenters. The summed E-state index contributed by atoms with van der Waals surface area (Å²) in [5, 5.41) is 0. The minimum absolute atomic E-state index is 0. The second-order valence-electron chi connectivity index (χ2n) is 5.98. The first-order valence-corrected chi connectivity index (χ1v) is 6.49. The first kappa shape index (κ1) is 19.6. The van der Waals surface area contributed by atoms with Crippen molar-refractivity contribution in [3.63, 3.8) is 0 Å². The van der Waals surface area contributed by atoms with E-state index in [1.165, 1.54) is 0 Å². The Bertz CT molecular complexity index is 190. The van der Waals surface area contributed by atoms with Gasteiger partial charge in [-0.25, -0.2) is 0 Å². The molecule has 0 amide bonds. The molecule has 0 aliphatic carbocycles. The van der Waals surface area contributed by atoms with Gasteiger partial charge in [-0.15, -0.1) is 0 Å². The zero-order valence-electron chi connectivity index (χ0n) is 12.5. The van der Waals surface area contributed by atoms with Crippen LogP contribution >= 0.6 is 0 Å². The van der Waals surface area contributed by atoms with Gasteiger partial charge in [-0.3, -0.25) is 4.79 Å². The Balaban J connectivity index is 0. The predicted molar refractivity (Wildman–Crippen MR) is 76.7 cm³/mol. The molecule has 0 aromatic rings. The molecule has 2 nitrogen and oxygen atoms in total. The third-order valence-electron chi connectivity index (χ3n) is 2.40. The van der Waals surface area contributed by atoms with Crippen LogP contribution in [0.5, 0.6) is 0 Å². The number of hydrogen-bond donors (Lipinski definition) is 0. The number of rotatable bonds is 7. The molecule has 3 heteroatoms. The maximum atomic E-state index is 11.9. The van der Waals surface area contributed by atoms with Crippen LogP contribution in [0.25, 0.3) is 0 Å². The van der Waals surface area contributed by atoms with Crippen molar-refractivity contribution in [3.8, 4) is 0 Å². The Morgan fingerprint density at radius 1 is 0.882 bits per heavy atom. The Hall–Kier alpha value is 0.269. The van der Waals surface area contributed by atoms with E-state index in [4.69, 9.17) is 4.74 Å². The molecule has 0 rings (SSSR count). The number of hydrogen-bond acceptors (Lipinski definition) is 2. The van der Waals surface area contributed by atoms with Crippen LogP contribution in [-0.2, 0) is 9.53 Å².